The van der Waals surface area contributed by atoms with E-state index in [1.54, 1.807) is 6.92 Å². The second kappa shape index (κ2) is 5.63. The predicted molar refractivity (Wildman–Crippen MR) is 64.8 cm³/mol. The summed E-state index contributed by atoms with van der Waals surface area (Å²) in [6.07, 6.45) is 2.20. The van der Waals surface area contributed by atoms with E-state index in [0.29, 0.717) is 12.8 Å². The van der Waals surface area contributed by atoms with Crippen LogP contribution in [0.5, 0.6) is 0 Å². The third kappa shape index (κ3) is 4.94. The van der Waals surface area contributed by atoms with E-state index in [9.17, 15) is 13.2 Å². The molecule has 0 bridgehead atoms. The van der Waals surface area contributed by atoms with Gasteiger partial charge in [-0.05, 0) is 19.8 Å². The van der Waals surface area contributed by atoms with Gasteiger partial charge in [-0.3, -0.25) is 4.79 Å². The molecule has 5 nitrogen and oxygen atoms in total. The van der Waals surface area contributed by atoms with Gasteiger partial charge in [-0.1, -0.05) is 13.8 Å². The summed E-state index contributed by atoms with van der Waals surface area (Å²) >= 11 is 0. The summed E-state index contributed by atoms with van der Waals surface area (Å²) in [4.78, 5) is 11.8. The second-order valence-electron chi connectivity index (χ2n) is 4.33. The lowest BCUT2D eigenvalue weighted by Crippen LogP contribution is -2.55. The summed E-state index contributed by atoms with van der Waals surface area (Å²) in [7, 11) is -3.08. The SMILES string of the molecule is CCC(N)(CC)C(=O)NC(C)CS(C)(=O)=O. The zero-order valence-electron chi connectivity index (χ0n) is 10.4. The number of hydrogen-bond acceptors (Lipinski definition) is 4. The van der Waals surface area contributed by atoms with Crippen molar-refractivity contribution in [3.05, 3.63) is 0 Å². The molecule has 0 heterocycles. The molecule has 0 radical (unpaired) electrons. The molecule has 0 saturated heterocycles. The lowest BCUT2D eigenvalue weighted by atomic mass is 9.93. The Morgan fingerprint density at radius 3 is 2.12 bits per heavy atom. The summed E-state index contributed by atoms with van der Waals surface area (Å²) in [5, 5.41) is 2.64. The van der Waals surface area contributed by atoms with Crippen molar-refractivity contribution in [2.24, 2.45) is 5.73 Å². The van der Waals surface area contributed by atoms with Crippen molar-refractivity contribution < 1.29 is 13.2 Å². The van der Waals surface area contributed by atoms with E-state index in [1.807, 2.05) is 13.8 Å². The highest BCUT2D eigenvalue weighted by atomic mass is 32.2. The van der Waals surface area contributed by atoms with Crippen molar-refractivity contribution in [2.75, 3.05) is 12.0 Å². The highest BCUT2D eigenvalue weighted by Gasteiger charge is 2.30. The first-order chi connectivity index (χ1) is 7.14. The molecule has 0 aromatic rings. The zero-order chi connectivity index (χ0) is 13.0. The van der Waals surface area contributed by atoms with Crippen molar-refractivity contribution in [3.8, 4) is 0 Å². The normalized spacial score (nSPS) is 14.6. The van der Waals surface area contributed by atoms with Crippen molar-refractivity contribution >= 4 is 15.7 Å². The summed E-state index contributed by atoms with van der Waals surface area (Å²) < 4.78 is 22.1. The van der Waals surface area contributed by atoms with Crippen LogP contribution < -0.4 is 11.1 Å². The molecule has 0 aliphatic carbocycles. The largest absolute Gasteiger partial charge is 0.351 e. The molecule has 3 N–H and O–H groups in total. The van der Waals surface area contributed by atoms with Crippen LogP contribution in [0.4, 0.5) is 0 Å². The Hall–Kier alpha value is -0.620. The third-order valence-corrected chi connectivity index (χ3v) is 3.75. The fourth-order valence-corrected chi connectivity index (χ4v) is 2.43. The van der Waals surface area contributed by atoms with Gasteiger partial charge in [0.15, 0.2) is 0 Å². The van der Waals surface area contributed by atoms with Gasteiger partial charge >= 0.3 is 0 Å². The van der Waals surface area contributed by atoms with Gasteiger partial charge in [-0.2, -0.15) is 0 Å². The molecule has 0 aliphatic heterocycles. The Morgan fingerprint density at radius 1 is 1.38 bits per heavy atom. The first-order valence-corrected chi connectivity index (χ1v) is 7.48. The van der Waals surface area contributed by atoms with E-state index in [0.717, 1.165) is 6.26 Å². The van der Waals surface area contributed by atoms with E-state index < -0.39 is 21.4 Å². The Balaban J connectivity index is 4.46. The maximum atomic E-state index is 11.8. The van der Waals surface area contributed by atoms with Gasteiger partial charge < -0.3 is 11.1 Å². The summed E-state index contributed by atoms with van der Waals surface area (Å²) in [6.45, 7) is 5.33. The minimum Gasteiger partial charge on any atom is -0.351 e. The number of nitrogens with two attached hydrogens (primary N) is 1. The van der Waals surface area contributed by atoms with Crippen LogP contribution in [-0.4, -0.2) is 37.9 Å². The minimum absolute atomic E-state index is 0.0672. The number of nitrogens with one attached hydrogen (secondary N) is 1. The Morgan fingerprint density at radius 2 is 1.81 bits per heavy atom. The monoisotopic (exact) mass is 250 g/mol. The van der Waals surface area contributed by atoms with Gasteiger partial charge in [-0.25, -0.2) is 8.42 Å². The molecular weight excluding hydrogens is 228 g/mol. The smallest absolute Gasteiger partial charge is 0.240 e. The average Bonchev–Trinajstić information content (AvgIpc) is 2.13. The van der Waals surface area contributed by atoms with Gasteiger partial charge in [0.25, 0.3) is 0 Å². The average molecular weight is 250 g/mol. The van der Waals surface area contributed by atoms with Crippen LogP contribution in [0.3, 0.4) is 0 Å². The molecule has 1 unspecified atom stereocenters. The highest BCUT2D eigenvalue weighted by molar-refractivity contribution is 7.90. The van der Waals surface area contributed by atoms with Crippen molar-refractivity contribution in [1.82, 2.24) is 5.32 Å². The van der Waals surface area contributed by atoms with Crippen LogP contribution in [0.25, 0.3) is 0 Å². The lowest BCUT2D eigenvalue weighted by Gasteiger charge is -2.27. The molecule has 96 valence electrons. The standard InChI is InChI=1S/C10H22N2O3S/c1-5-10(11,6-2)9(13)12-8(3)7-16(4,14)15/h8H,5-7,11H2,1-4H3,(H,12,13). The number of hydrogen-bond donors (Lipinski definition) is 2. The molecule has 0 spiro atoms. The van der Waals surface area contributed by atoms with E-state index in [2.05, 4.69) is 5.32 Å². The van der Waals surface area contributed by atoms with Crippen LogP contribution in [0, 0.1) is 0 Å². The predicted octanol–water partition coefficient (Wildman–Crippen LogP) is 0.0532. The highest BCUT2D eigenvalue weighted by Crippen LogP contribution is 2.11. The van der Waals surface area contributed by atoms with Gasteiger partial charge in [0, 0.05) is 12.3 Å². The maximum absolute atomic E-state index is 11.8. The van der Waals surface area contributed by atoms with Gasteiger partial charge in [0.05, 0.1) is 11.3 Å². The Bertz CT molecular complexity index is 334. The molecule has 1 amide bonds. The molecule has 16 heavy (non-hydrogen) atoms. The molecule has 0 fully saturated rings. The van der Waals surface area contributed by atoms with Crippen molar-refractivity contribution in [2.45, 2.75) is 45.2 Å². The second-order valence-corrected chi connectivity index (χ2v) is 6.52. The Kier molecular flexibility index (Phi) is 5.41. The zero-order valence-corrected chi connectivity index (χ0v) is 11.2. The van der Waals surface area contributed by atoms with Gasteiger partial charge in [-0.15, -0.1) is 0 Å². The molecule has 6 heteroatoms. The molecule has 0 aromatic heterocycles. The summed E-state index contributed by atoms with van der Waals surface area (Å²) in [5.41, 5.74) is 4.99. The van der Waals surface area contributed by atoms with Crippen LogP contribution in [0.1, 0.15) is 33.6 Å². The Labute approximate surface area is 97.7 Å². The summed E-state index contributed by atoms with van der Waals surface area (Å²) in [5.74, 6) is -0.351. The fourth-order valence-electron chi connectivity index (χ4n) is 1.43. The molecule has 0 saturated carbocycles. The number of carbonyl (C=O) groups excluding carboxylic acids is 1. The minimum atomic E-state index is -3.08. The topological polar surface area (TPSA) is 89.3 Å². The van der Waals surface area contributed by atoms with Crippen molar-refractivity contribution in [3.63, 3.8) is 0 Å². The number of sulfone groups is 1. The summed E-state index contributed by atoms with van der Waals surface area (Å²) in [6, 6.07) is -0.413. The van der Waals surface area contributed by atoms with Crippen LogP contribution >= 0.6 is 0 Å². The van der Waals surface area contributed by atoms with Gasteiger partial charge in [0.1, 0.15) is 9.84 Å². The number of carbonyl (C=O) groups is 1. The van der Waals surface area contributed by atoms with E-state index in [-0.39, 0.29) is 11.7 Å². The molecule has 0 aliphatic rings. The lowest BCUT2D eigenvalue weighted by molar-refractivity contribution is -0.127. The number of amides is 1. The van der Waals surface area contributed by atoms with Crippen LogP contribution in [-0.2, 0) is 14.6 Å². The van der Waals surface area contributed by atoms with E-state index >= 15 is 0 Å². The first-order valence-electron chi connectivity index (χ1n) is 5.42. The van der Waals surface area contributed by atoms with E-state index in [4.69, 9.17) is 5.73 Å². The van der Waals surface area contributed by atoms with Crippen molar-refractivity contribution in [1.29, 1.82) is 0 Å². The van der Waals surface area contributed by atoms with Crippen LogP contribution in [0.2, 0.25) is 0 Å². The molecule has 0 rings (SSSR count). The van der Waals surface area contributed by atoms with Crippen LogP contribution in [0.15, 0.2) is 0 Å². The van der Waals surface area contributed by atoms with Gasteiger partial charge in [0.2, 0.25) is 5.91 Å². The molecular formula is C10H22N2O3S. The van der Waals surface area contributed by atoms with E-state index in [1.165, 1.54) is 0 Å². The number of rotatable bonds is 6. The quantitative estimate of drug-likeness (QED) is 0.697. The molecule has 1 atom stereocenters. The third-order valence-electron chi connectivity index (χ3n) is 2.64. The first kappa shape index (κ1) is 15.4. The molecule has 0 aromatic carbocycles. The fraction of sp³-hybridized carbons (Fsp3) is 0.900. The maximum Gasteiger partial charge on any atom is 0.240 e.